The maximum atomic E-state index is 13.8. The second-order valence-corrected chi connectivity index (χ2v) is 12.7. The molecule has 0 unspecified atom stereocenters. The monoisotopic (exact) mass is 674 g/mol. The Labute approximate surface area is 289 Å². The Kier molecular flexibility index (Phi) is 9.47. The van der Waals surface area contributed by atoms with E-state index in [4.69, 9.17) is 9.47 Å². The number of benzene rings is 2. The van der Waals surface area contributed by atoms with Crippen LogP contribution in [0.3, 0.4) is 0 Å². The zero-order chi connectivity index (χ0) is 34.8. The second kappa shape index (κ2) is 14.3. The molecule has 2 atom stereocenters. The van der Waals surface area contributed by atoms with Crippen LogP contribution < -0.4 is 20.1 Å². The molecule has 2 aliphatic heterocycles. The highest BCUT2D eigenvalue weighted by Crippen LogP contribution is 2.38. The van der Waals surface area contributed by atoms with Gasteiger partial charge in [-0.1, -0.05) is 12.2 Å². The van der Waals surface area contributed by atoms with E-state index in [1.165, 1.54) is 35.4 Å². The van der Waals surface area contributed by atoms with E-state index in [9.17, 15) is 8.78 Å². The molecule has 0 saturated heterocycles. The lowest BCUT2D eigenvalue weighted by Gasteiger charge is -2.19. The molecule has 0 amide bonds. The number of pyridine rings is 2. The number of aromatic amines is 2. The lowest BCUT2D eigenvalue weighted by atomic mass is 9.99. The first-order chi connectivity index (χ1) is 24.3. The molecule has 8 nitrogen and oxygen atoms in total. The zero-order valence-corrected chi connectivity index (χ0v) is 28.5. The van der Waals surface area contributed by atoms with Crippen LogP contribution in [0.15, 0.2) is 85.2 Å². The summed E-state index contributed by atoms with van der Waals surface area (Å²) in [6.07, 6.45) is 9.84. The number of nitrogens with one attached hydrogen (secondary N) is 4. The summed E-state index contributed by atoms with van der Waals surface area (Å²) < 4.78 is 38.5. The third kappa shape index (κ3) is 6.77. The molecule has 8 rings (SSSR count). The first-order valence-electron chi connectivity index (χ1n) is 16.8. The first-order valence-corrected chi connectivity index (χ1v) is 16.8. The highest BCUT2D eigenvalue weighted by molar-refractivity contribution is 5.98. The molecule has 2 aliphatic rings. The predicted octanol–water partition coefficient (Wildman–Crippen LogP) is 8.29. The summed E-state index contributed by atoms with van der Waals surface area (Å²) in [5.74, 6) is 0.718. The smallest absolute Gasteiger partial charge is 0.138 e. The quantitative estimate of drug-likeness (QED) is 0.142. The van der Waals surface area contributed by atoms with E-state index in [1.807, 2.05) is 12.1 Å². The van der Waals surface area contributed by atoms with Gasteiger partial charge in [0.1, 0.15) is 34.4 Å². The number of nitrogens with zero attached hydrogens (tertiary/aromatic N) is 2. The minimum Gasteiger partial charge on any atom is -0.496 e. The van der Waals surface area contributed by atoms with E-state index in [0.717, 1.165) is 81.6 Å². The number of hydrogen-bond acceptors (Lipinski definition) is 6. The number of H-pyrrole nitrogens is 2. The van der Waals surface area contributed by atoms with Crippen LogP contribution in [0.2, 0.25) is 0 Å². The highest BCUT2D eigenvalue weighted by Gasteiger charge is 2.19. The maximum absolute atomic E-state index is 13.8. The third-order valence-electron chi connectivity index (χ3n) is 9.31. The average Bonchev–Trinajstić information content (AvgIpc) is 3.77. The molecule has 6 aromatic rings. The summed E-state index contributed by atoms with van der Waals surface area (Å²) in [5, 5.41) is 8.75. The first kappa shape index (κ1) is 33.2. The predicted molar refractivity (Wildman–Crippen MR) is 196 cm³/mol. The minimum atomic E-state index is -0.286. The van der Waals surface area contributed by atoms with Crippen molar-refractivity contribution < 1.29 is 18.3 Å². The van der Waals surface area contributed by atoms with Crippen LogP contribution in [0.25, 0.3) is 55.5 Å². The van der Waals surface area contributed by atoms with Gasteiger partial charge in [0.15, 0.2) is 0 Å². The van der Waals surface area contributed by atoms with Crippen LogP contribution in [-0.4, -0.2) is 59.3 Å². The van der Waals surface area contributed by atoms with Crippen molar-refractivity contribution in [3.8, 4) is 33.8 Å². The Balaban J connectivity index is 0.000000157. The van der Waals surface area contributed by atoms with Crippen molar-refractivity contribution in [1.29, 1.82) is 0 Å². The molecule has 0 radical (unpaired) electrons. The van der Waals surface area contributed by atoms with Gasteiger partial charge in [0.2, 0.25) is 0 Å². The number of halogens is 2. The molecule has 256 valence electrons. The molecule has 4 aromatic heterocycles. The summed E-state index contributed by atoms with van der Waals surface area (Å²) in [6.45, 7) is 6.14. The van der Waals surface area contributed by atoms with E-state index < -0.39 is 0 Å². The van der Waals surface area contributed by atoms with Crippen LogP contribution in [-0.2, 0) is 0 Å². The topological polar surface area (TPSA) is 99.9 Å². The fourth-order valence-corrected chi connectivity index (χ4v) is 6.84. The van der Waals surface area contributed by atoms with Crippen LogP contribution in [0.5, 0.6) is 11.5 Å². The molecule has 50 heavy (non-hydrogen) atoms. The summed E-state index contributed by atoms with van der Waals surface area (Å²) >= 11 is 0. The van der Waals surface area contributed by atoms with Crippen LogP contribution in [0.4, 0.5) is 8.78 Å². The van der Waals surface area contributed by atoms with Crippen LogP contribution in [0, 0.1) is 11.6 Å². The van der Waals surface area contributed by atoms with Gasteiger partial charge >= 0.3 is 0 Å². The Hall–Kier alpha value is -5.32. The lowest BCUT2D eigenvalue weighted by Crippen LogP contribution is -2.29. The van der Waals surface area contributed by atoms with Crippen molar-refractivity contribution in [2.24, 2.45) is 0 Å². The standard InChI is InChI=1S/2C20H20FN3O/c2*1-12-9-13(5-7-22-12)18-11-17-15(6-8-23-20(17)24-18)16-10-14(21)3-4-19(16)25-2/h3-4,6,8-12,22H,5,7H2,1-2H3,(H,23,24);3-6,8,10-12,22H,7,9H2,1-2H3,(H,23,24)/t2*12-/m00/s1. The molecule has 0 saturated carbocycles. The van der Waals surface area contributed by atoms with Crippen molar-refractivity contribution >= 4 is 33.2 Å². The molecule has 6 heterocycles. The molecule has 0 bridgehead atoms. The van der Waals surface area contributed by atoms with Gasteiger partial charge in [0, 0.05) is 64.3 Å². The van der Waals surface area contributed by atoms with Gasteiger partial charge < -0.3 is 30.1 Å². The number of ether oxygens (including phenoxy) is 2. The van der Waals surface area contributed by atoms with Gasteiger partial charge in [-0.3, -0.25) is 0 Å². The van der Waals surface area contributed by atoms with E-state index in [0.29, 0.717) is 23.6 Å². The van der Waals surface area contributed by atoms with Gasteiger partial charge in [-0.25, -0.2) is 18.7 Å². The molecular formula is C40H40F2N6O2. The van der Waals surface area contributed by atoms with Crippen molar-refractivity contribution in [1.82, 2.24) is 30.6 Å². The maximum Gasteiger partial charge on any atom is 0.138 e. The molecule has 2 aromatic carbocycles. The SMILES string of the molecule is COc1ccc(F)cc1-c1ccnc2[nH]c(C3=CCN[C@@H](C)C3)cc12.COc1ccc(F)cc1-c1ccnc2[nH]c(C3=C[C@H](C)NCC3)cc12. The Bertz CT molecular complexity index is 2240. The Morgan fingerprint density at radius 2 is 1.24 bits per heavy atom. The van der Waals surface area contributed by atoms with E-state index in [-0.39, 0.29) is 11.6 Å². The minimum absolute atomic E-state index is 0.286. The largest absolute Gasteiger partial charge is 0.496 e. The van der Waals surface area contributed by atoms with Gasteiger partial charge in [0.25, 0.3) is 0 Å². The molecular weight excluding hydrogens is 634 g/mol. The number of methoxy groups -OCH3 is 2. The zero-order valence-electron chi connectivity index (χ0n) is 28.5. The van der Waals surface area contributed by atoms with Gasteiger partial charge in [-0.15, -0.1) is 0 Å². The number of fused-ring (bicyclic) bond motifs is 2. The molecule has 10 heteroatoms. The molecule has 0 aliphatic carbocycles. The van der Waals surface area contributed by atoms with E-state index in [1.54, 1.807) is 38.7 Å². The molecule has 0 spiro atoms. The van der Waals surface area contributed by atoms with Crippen molar-refractivity contribution in [3.63, 3.8) is 0 Å². The normalized spacial score (nSPS) is 17.6. The van der Waals surface area contributed by atoms with Crippen LogP contribution >= 0.6 is 0 Å². The van der Waals surface area contributed by atoms with E-state index >= 15 is 0 Å². The number of hydrogen-bond donors (Lipinski definition) is 4. The van der Waals surface area contributed by atoms with Crippen molar-refractivity contribution in [2.75, 3.05) is 27.3 Å². The highest BCUT2D eigenvalue weighted by atomic mass is 19.1. The van der Waals surface area contributed by atoms with Crippen molar-refractivity contribution in [3.05, 3.63) is 108 Å². The summed E-state index contributed by atoms with van der Waals surface area (Å²) in [7, 11) is 3.19. The molecule has 0 fully saturated rings. The van der Waals surface area contributed by atoms with Gasteiger partial charge in [-0.05, 0) is 116 Å². The molecule has 4 N–H and O–H groups in total. The summed E-state index contributed by atoms with van der Waals surface area (Å²) in [6, 6.07) is 17.9. The average molecular weight is 675 g/mol. The number of rotatable bonds is 6. The van der Waals surface area contributed by atoms with Crippen LogP contribution in [0.1, 0.15) is 38.1 Å². The van der Waals surface area contributed by atoms with E-state index in [2.05, 4.69) is 68.7 Å². The second-order valence-electron chi connectivity index (χ2n) is 12.7. The lowest BCUT2D eigenvalue weighted by molar-refractivity contribution is 0.415. The third-order valence-corrected chi connectivity index (χ3v) is 9.31. The fourth-order valence-electron chi connectivity index (χ4n) is 6.84. The Morgan fingerprint density at radius 1 is 0.680 bits per heavy atom. The Morgan fingerprint density at radius 3 is 1.76 bits per heavy atom. The summed E-state index contributed by atoms with van der Waals surface area (Å²) in [4.78, 5) is 15.7. The van der Waals surface area contributed by atoms with Gasteiger partial charge in [-0.2, -0.15) is 0 Å². The summed E-state index contributed by atoms with van der Waals surface area (Å²) in [5.41, 5.74) is 9.57. The van der Waals surface area contributed by atoms with Crippen molar-refractivity contribution in [2.45, 2.75) is 38.8 Å². The number of aromatic nitrogens is 4. The van der Waals surface area contributed by atoms with Gasteiger partial charge in [0.05, 0.1) is 14.2 Å². The fraction of sp³-hybridized carbons (Fsp3) is 0.250.